The number of carbonyl (C=O) groups excluding carboxylic acids is 1. The summed E-state index contributed by atoms with van der Waals surface area (Å²) in [6.07, 6.45) is -1.68. The molecule has 0 aliphatic rings. The number of benzene rings is 2. The van der Waals surface area contributed by atoms with E-state index in [-0.39, 0.29) is 17.9 Å². The third-order valence-electron chi connectivity index (χ3n) is 4.08. The molecule has 0 saturated carbocycles. The van der Waals surface area contributed by atoms with Crippen molar-refractivity contribution in [3.63, 3.8) is 0 Å². The molecule has 0 amide bonds. The van der Waals surface area contributed by atoms with Gasteiger partial charge >= 0.3 is 17.8 Å². The van der Waals surface area contributed by atoms with Crippen LogP contribution in [0.1, 0.15) is 17.5 Å². The molecule has 0 atom stereocenters. The molecule has 28 heavy (non-hydrogen) atoms. The minimum atomic E-state index is -4.44. The predicted molar refractivity (Wildman–Crippen MR) is 98.6 cm³/mol. The highest BCUT2D eigenvalue weighted by atomic mass is 19.4. The Labute approximate surface area is 158 Å². The van der Waals surface area contributed by atoms with Gasteiger partial charge in [-0.25, -0.2) is 9.59 Å². The summed E-state index contributed by atoms with van der Waals surface area (Å²) in [6, 6.07) is 11.9. The van der Waals surface area contributed by atoms with Crippen molar-refractivity contribution in [3.8, 4) is 0 Å². The van der Waals surface area contributed by atoms with Crippen LogP contribution in [0.5, 0.6) is 0 Å². The number of alkyl halides is 3. The lowest BCUT2D eigenvalue weighted by molar-refractivity contribution is -0.138. The molecule has 0 spiro atoms. The largest absolute Gasteiger partial charge is 0.462 e. The van der Waals surface area contributed by atoms with E-state index < -0.39 is 17.7 Å². The molecular weight excluding hydrogens is 373 g/mol. The summed E-state index contributed by atoms with van der Waals surface area (Å²) < 4.78 is 44.6. The Kier molecular flexibility index (Phi) is 5.67. The molecule has 5 nitrogen and oxygen atoms in total. The van der Waals surface area contributed by atoms with E-state index in [0.29, 0.717) is 13.0 Å². The van der Waals surface area contributed by atoms with Gasteiger partial charge in [-0.1, -0.05) is 24.3 Å². The number of aromatic nitrogens is 2. The van der Waals surface area contributed by atoms with Gasteiger partial charge in [-0.2, -0.15) is 13.2 Å². The van der Waals surface area contributed by atoms with Gasteiger partial charge in [-0.15, -0.1) is 0 Å². The lowest BCUT2D eigenvalue weighted by atomic mass is 10.1. The number of esters is 1. The predicted octanol–water partition coefficient (Wildman–Crippen LogP) is 4.00. The zero-order chi connectivity index (χ0) is 20.1. The molecule has 0 aliphatic heterocycles. The Hall–Kier alpha value is -3.29. The Morgan fingerprint density at radius 1 is 1.14 bits per heavy atom. The molecule has 8 heteroatoms. The number of nitrogens with one attached hydrogen (secondary N) is 1. The molecule has 1 heterocycles. The molecule has 0 aliphatic carbocycles. The highest BCUT2D eigenvalue weighted by Gasteiger charge is 2.30. The maximum Gasteiger partial charge on any atom is 0.416 e. The lowest BCUT2D eigenvalue weighted by Gasteiger charge is -2.06. The monoisotopic (exact) mass is 390 g/mol. The van der Waals surface area contributed by atoms with Crippen LogP contribution < -0.4 is 5.69 Å². The van der Waals surface area contributed by atoms with Crippen molar-refractivity contribution in [2.75, 3.05) is 6.61 Å². The Balaban J connectivity index is 1.51. The van der Waals surface area contributed by atoms with Crippen LogP contribution >= 0.6 is 0 Å². The Bertz CT molecular complexity index is 1060. The van der Waals surface area contributed by atoms with Gasteiger partial charge in [-0.05, 0) is 42.3 Å². The first-order valence-corrected chi connectivity index (χ1v) is 8.54. The lowest BCUT2D eigenvalue weighted by Crippen LogP contribution is -2.18. The van der Waals surface area contributed by atoms with Crippen LogP contribution in [0.15, 0.2) is 59.4 Å². The van der Waals surface area contributed by atoms with E-state index in [2.05, 4.69) is 4.98 Å². The Morgan fingerprint density at radius 3 is 2.71 bits per heavy atom. The number of rotatable bonds is 6. The molecule has 1 N–H and O–H groups in total. The number of nitrogens with zero attached hydrogens (tertiary/aromatic N) is 1. The molecular formula is C20H17F3N2O3. The summed E-state index contributed by atoms with van der Waals surface area (Å²) in [6.45, 7) is 0.450. The maximum absolute atomic E-state index is 12.7. The zero-order valence-electron chi connectivity index (χ0n) is 14.7. The fourth-order valence-electron chi connectivity index (χ4n) is 2.76. The SMILES string of the molecule is O=C(/C=C/c1cccc(C(F)(F)F)c1)OCCCn1c(=O)[nH]c2ccccc21. The van der Waals surface area contributed by atoms with Crippen LogP contribution in [0.4, 0.5) is 13.2 Å². The van der Waals surface area contributed by atoms with E-state index in [0.717, 1.165) is 29.2 Å². The maximum atomic E-state index is 12.7. The first-order chi connectivity index (χ1) is 13.3. The smallest absolute Gasteiger partial charge is 0.416 e. The normalized spacial score (nSPS) is 12.0. The Morgan fingerprint density at radius 2 is 1.93 bits per heavy atom. The second-order valence-electron chi connectivity index (χ2n) is 6.08. The first-order valence-electron chi connectivity index (χ1n) is 8.54. The fraction of sp³-hybridized carbons (Fsp3) is 0.200. The molecule has 0 bridgehead atoms. The molecule has 1 aromatic heterocycles. The van der Waals surface area contributed by atoms with Gasteiger partial charge in [0.05, 0.1) is 23.2 Å². The van der Waals surface area contributed by atoms with Gasteiger partial charge in [0.15, 0.2) is 0 Å². The van der Waals surface area contributed by atoms with Crippen LogP contribution in [-0.2, 0) is 22.3 Å². The minimum absolute atomic E-state index is 0.0811. The molecule has 146 valence electrons. The number of halogens is 3. The summed E-state index contributed by atoms with van der Waals surface area (Å²) in [5, 5.41) is 0. The molecule has 0 fully saturated rings. The van der Waals surface area contributed by atoms with E-state index >= 15 is 0 Å². The number of fused-ring (bicyclic) bond motifs is 1. The molecule has 2 aromatic carbocycles. The molecule has 3 aromatic rings. The minimum Gasteiger partial charge on any atom is -0.462 e. The third-order valence-corrected chi connectivity index (χ3v) is 4.08. The van der Waals surface area contributed by atoms with Gasteiger partial charge in [0.25, 0.3) is 0 Å². The number of imidazole rings is 1. The zero-order valence-corrected chi connectivity index (χ0v) is 14.7. The van der Waals surface area contributed by atoms with E-state index in [4.69, 9.17) is 4.74 Å². The topological polar surface area (TPSA) is 64.1 Å². The molecule has 0 saturated heterocycles. The van der Waals surface area contributed by atoms with Crippen LogP contribution in [0.3, 0.4) is 0 Å². The van der Waals surface area contributed by atoms with Gasteiger partial charge in [0, 0.05) is 12.6 Å². The van der Waals surface area contributed by atoms with Crippen molar-refractivity contribution in [2.45, 2.75) is 19.1 Å². The van der Waals surface area contributed by atoms with E-state index in [9.17, 15) is 22.8 Å². The number of H-pyrrole nitrogens is 1. The quantitative estimate of drug-likeness (QED) is 0.393. The molecule has 0 radical (unpaired) electrons. The second-order valence-corrected chi connectivity index (χ2v) is 6.08. The summed E-state index contributed by atoms with van der Waals surface area (Å²) in [5.74, 6) is -0.663. The second kappa shape index (κ2) is 8.16. The van der Waals surface area contributed by atoms with Crippen LogP contribution in [0.25, 0.3) is 17.1 Å². The number of aryl methyl sites for hydroxylation is 1. The standard InChI is InChI=1S/C20H17F3N2O3/c21-20(22,23)15-6-3-5-14(13-15)9-10-18(26)28-12-4-11-25-17-8-2-1-7-16(17)24-19(25)27/h1-3,5-10,13H,4,11-12H2,(H,24,27)/b10-9+. The third kappa shape index (κ3) is 4.70. The number of ether oxygens (including phenoxy) is 1. The summed E-state index contributed by atoms with van der Waals surface area (Å²) in [5.41, 5.74) is 0.720. The first kappa shape index (κ1) is 19.5. The van der Waals surface area contributed by atoms with E-state index in [1.54, 1.807) is 10.6 Å². The van der Waals surface area contributed by atoms with Crippen LogP contribution in [-0.4, -0.2) is 22.1 Å². The van der Waals surface area contributed by atoms with Crippen LogP contribution in [0.2, 0.25) is 0 Å². The van der Waals surface area contributed by atoms with E-state index in [1.165, 1.54) is 18.2 Å². The van der Waals surface area contributed by atoms with Crippen molar-refractivity contribution in [2.24, 2.45) is 0 Å². The highest BCUT2D eigenvalue weighted by Crippen LogP contribution is 2.29. The summed E-state index contributed by atoms with van der Waals surface area (Å²) in [7, 11) is 0. The van der Waals surface area contributed by atoms with Crippen molar-refractivity contribution in [1.82, 2.24) is 9.55 Å². The van der Waals surface area contributed by atoms with Gasteiger partial charge in [0.1, 0.15) is 0 Å². The van der Waals surface area contributed by atoms with Crippen molar-refractivity contribution in [3.05, 3.63) is 76.2 Å². The van der Waals surface area contributed by atoms with Crippen molar-refractivity contribution in [1.29, 1.82) is 0 Å². The number of aromatic amines is 1. The number of para-hydroxylation sites is 2. The number of carbonyl (C=O) groups is 1. The summed E-state index contributed by atoms with van der Waals surface area (Å²) >= 11 is 0. The van der Waals surface area contributed by atoms with Crippen LogP contribution in [0, 0.1) is 0 Å². The van der Waals surface area contributed by atoms with Gasteiger partial charge in [-0.3, -0.25) is 4.57 Å². The van der Waals surface area contributed by atoms with Gasteiger partial charge in [0.2, 0.25) is 0 Å². The fourth-order valence-corrected chi connectivity index (χ4v) is 2.76. The number of hydrogen-bond donors (Lipinski definition) is 1. The summed E-state index contributed by atoms with van der Waals surface area (Å²) in [4.78, 5) is 26.4. The average molecular weight is 390 g/mol. The highest BCUT2D eigenvalue weighted by molar-refractivity contribution is 5.87. The van der Waals surface area contributed by atoms with Gasteiger partial charge < -0.3 is 9.72 Å². The number of hydrogen-bond acceptors (Lipinski definition) is 3. The van der Waals surface area contributed by atoms with Crippen molar-refractivity contribution >= 4 is 23.1 Å². The molecule has 0 unspecified atom stereocenters. The van der Waals surface area contributed by atoms with Crippen molar-refractivity contribution < 1.29 is 22.7 Å². The van der Waals surface area contributed by atoms with E-state index in [1.807, 2.05) is 18.2 Å². The molecule has 3 rings (SSSR count). The average Bonchev–Trinajstić information content (AvgIpc) is 2.98.